The van der Waals surface area contributed by atoms with Crippen molar-refractivity contribution in [3.63, 3.8) is 0 Å². The van der Waals surface area contributed by atoms with Crippen LogP contribution in [0.5, 0.6) is 23.0 Å². The molecule has 6 heteroatoms. The van der Waals surface area contributed by atoms with Gasteiger partial charge < -0.3 is 19.5 Å². The van der Waals surface area contributed by atoms with E-state index < -0.39 is 0 Å². The minimum absolute atomic E-state index is 0.0863. The Balaban J connectivity index is 1.57. The van der Waals surface area contributed by atoms with E-state index in [-0.39, 0.29) is 18.5 Å². The van der Waals surface area contributed by atoms with Crippen molar-refractivity contribution in [1.82, 2.24) is 0 Å². The molecule has 0 aliphatic carbocycles. The fourth-order valence-corrected chi connectivity index (χ4v) is 2.86. The average Bonchev–Trinajstić information content (AvgIpc) is 3.15. The predicted molar refractivity (Wildman–Crippen MR) is 103 cm³/mol. The van der Waals surface area contributed by atoms with E-state index in [0.717, 1.165) is 0 Å². The predicted octanol–water partition coefficient (Wildman–Crippen LogP) is 4.66. The summed E-state index contributed by atoms with van der Waals surface area (Å²) in [6.45, 7) is 1.52. The summed E-state index contributed by atoms with van der Waals surface area (Å²) in [4.78, 5) is 24.7. The zero-order chi connectivity index (χ0) is 19.5. The number of anilines is 1. The van der Waals surface area contributed by atoms with E-state index in [1.54, 1.807) is 36.4 Å². The second-order valence-electron chi connectivity index (χ2n) is 6.20. The number of para-hydroxylation sites is 1. The number of benzene rings is 3. The van der Waals surface area contributed by atoms with Crippen LogP contribution in [0.1, 0.15) is 27.6 Å². The molecule has 0 atom stereocenters. The third-order valence-electron chi connectivity index (χ3n) is 4.22. The SMILES string of the molecule is CC(=O)c1cc2c(cc1NC(=O)c1cccc(Oc3ccccc3)c1)OCO2. The Morgan fingerprint density at radius 3 is 2.36 bits per heavy atom. The molecule has 28 heavy (non-hydrogen) atoms. The highest BCUT2D eigenvalue weighted by atomic mass is 16.7. The van der Waals surface area contributed by atoms with Crippen molar-refractivity contribution < 1.29 is 23.8 Å². The maximum absolute atomic E-state index is 12.7. The highest BCUT2D eigenvalue weighted by Crippen LogP contribution is 2.37. The number of ketones is 1. The number of carbonyl (C=O) groups excluding carboxylic acids is 2. The van der Waals surface area contributed by atoms with Gasteiger partial charge in [-0.2, -0.15) is 0 Å². The van der Waals surface area contributed by atoms with Crippen LogP contribution in [0.3, 0.4) is 0 Å². The van der Waals surface area contributed by atoms with Gasteiger partial charge in [0.05, 0.1) is 5.69 Å². The van der Waals surface area contributed by atoms with E-state index in [0.29, 0.717) is 39.8 Å². The monoisotopic (exact) mass is 375 g/mol. The fraction of sp³-hybridized carbons (Fsp3) is 0.0909. The van der Waals surface area contributed by atoms with E-state index >= 15 is 0 Å². The molecule has 1 N–H and O–H groups in total. The summed E-state index contributed by atoms with van der Waals surface area (Å²) in [7, 11) is 0. The number of nitrogens with one attached hydrogen (secondary N) is 1. The van der Waals surface area contributed by atoms with Gasteiger partial charge in [0.1, 0.15) is 11.5 Å². The molecular weight excluding hydrogens is 358 g/mol. The van der Waals surface area contributed by atoms with Crippen molar-refractivity contribution in [3.8, 4) is 23.0 Å². The van der Waals surface area contributed by atoms with E-state index in [4.69, 9.17) is 14.2 Å². The summed E-state index contributed by atoms with van der Waals surface area (Å²) in [5.74, 6) is 1.64. The molecular formula is C22H17NO5. The minimum atomic E-state index is -0.361. The van der Waals surface area contributed by atoms with Gasteiger partial charge in [0.2, 0.25) is 6.79 Å². The summed E-state index contributed by atoms with van der Waals surface area (Å²) < 4.78 is 16.4. The molecule has 4 rings (SSSR count). The summed E-state index contributed by atoms with van der Waals surface area (Å²) in [5.41, 5.74) is 1.13. The van der Waals surface area contributed by atoms with Gasteiger partial charge in [0.25, 0.3) is 5.91 Å². The van der Waals surface area contributed by atoms with Gasteiger partial charge in [0, 0.05) is 17.2 Å². The topological polar surface area (TPSA) is 73.9 Å². The Hall–Kier alpha value is -3.80. The van der Waals surface area contributed by atoms with Gasteiger partial charge in [-0.05, 0) is 43.3 Å². The van der Waals surface area contributed by atoms with Gasteiger partial charge in [-0.15, -0.1) is 0 Å². The average molecular weight is 375 g/mol. The Morgan fingerprint density at radius 2 is 1.61 bits per heavy atom. The van der Waals surface area contributed by atoms with Gasteiger partial charge in [0.15, 0.2) is 17.3 Å². The number of amides is 1. The maximum atomic E-state index is 12.7. The summed E-state index contributed by atoms with van der Waals surface area (Å²) in [6, 6.07) is 19.3. The first-order valence-electron chi connectivity index (χ1n) is 8.69. The van der Waals surface area contributed by atoms with Crippen LogP contribution in [-0.4, -0.2) is 18.5 Å². The lowest BCUT2D eigenvalue weighted by Crippen LogP contribution is -2.14. The Bertz CT molecular complexity index is 1050. The third-order valence-corrected chi connectivity index (χ3v) is 4.22. The number of hydrogen-bond donors (Lipinski definition) is 1. The Kier molecular flexibility index (Phi) is 4.68. The summed E-state index contributed by atoms with van der Waals surface area (Å²) in [6.07, 6.45) is 0. The molecule has 0 spiro atoms. The lowest BCUT2D eigenvalue weighted by molar-refractivity contribution is 0.101. The smallest absolute Gasteiger partial charge is 0.255 e. The van der Waals surface area contributed by atoms with Gasteiger partial charge in [-0.3, -0.25) is 9.59 Å². The largest absolute Gasteiger partial charge is 0.457 e. The second kappa shape index (κ2) is 7.44. The van der Waals surface area contributed by atoms with E-state index in [1.807, 2.05) is 30.3 Å². The molecule has 140 valence electrons. The third kappa shape index (κ3) is 3.66. The molecule has 0 unspecified atom stereocenters. The van der Waals surface area contributed by atoms with Crippen LogP contribution >= 0.6 is 0 Å². The first-order chi connectivity index (χ1) is 13.6. The van der Waals surface area contributed by atoms with E-state index in [2.05, 4.69) is 5.32 Å². The Labute approximate surface area is 161 Å². The van der Waals surface area contributed by atoms with Crippen molar-refractivity contribution in [2.75, 3.05) is 12.1 Å². The van der Waals surface area contributed by atoms with Crippen LogP contribution in [-0.2, 0) is 0 Å². The molecule has 1 aliphatic rings. The second-order valence-corrected chi connectivity index (χ2v) is 6.20. The summed E-state index contributed by atoms with van der Waals surface area (Å²) in [5, 5.41) is 2.78. The molecule has 1 heterocycles. The molecule has 0 bridgehead atoms. The van der Waals surface area contributed by atoms with Crippen LogP contribution in [0.2, 0.25) is 0 Å². The van der Waals surface area contributed by atoms with Crippen molar-refractivity contribution in [2.45, 2.75) is 6.92 Å². The standard InChI is InChI=1S/C22H17NO5/c1-14(24)18-11-20-21(27-13-26-20)12-19(18)23-22(25)15-6-5-9-17(10-15)28-16-7-3-2-4-8-16/h2-12H,13H2,1H3,(H,23,25). The number of hydrogen-bond acceptors (Lipinski definition) is 5. The van der Waals surface area contributed by atoms with Crippen LogP contribution in [0.25, 0.3) is 0 Å². The van der Waals surface area contributed by atoms with Crippen LogP contribution in [0.4, 0.5) is 5.69 Å². The van der Waals surface area contributed by atoms with E-state index in [9.17, 15) is 9.59 Å². The van der Waals surface area contributed by atoms with Crippen molar-refractivity contribution in [1.29, 1.82) is 0 Å². The van der Waals surface area contributed by atoms with Gasteiger partial charge >= 0.3 is 0 Å². The highest BCUT2D eigenvalue weighted by molar-refractivity contribution is 6.09. The molecule has 0 saturated heterocycles. The van der Waals surface area contributed by atoms with Gasteiger partial charge in [-0.25, -0.2) is 0 Å². The molecule has 3 aromatic carbocycles. The molecule has 0 fully saturated rings. The van der Waals surface area contributed by atoms with Crippen LogP contribution in [0.15, 0.2) is 66.7 Å². The zero-order valence-electron chi connectivity index (χ0n) is 15.1. The molecule has 0 aromatic heterocycles. The van der Waals surface area contributed by atoms with Crippen LogP contribution < -0.4 is 19.5 Å². The van der Waals surface area contributed by atoms with E-state index in [1.165, 1.54) is 6.92 Å². The lowest BCUT2D eigenvalue weighted by Gasteiger charge is -2.11. The van der Waals surface area contributed by atoms with Crippen molar-refractivity contribution in [2.24, 2.45) is 0 Å². The van der Waals surface area contributed by atoms with Crippen molar-refractivity contribution >= 4 is 17.4 Å². The van der Waals surface area contributed by atoms with Gasteiger partial charge in [-0.1, -0.05) is 24.3 Å². The molecule has 0 saturated carbocycles. The molecule has 3 aromatic rings. The molecule has 1 amide bonds. The highest BCUT2D eigenvalue weighted by Gasteiger charge is 2.21. The fourth-order valence-electron chi connectivity index (χ4n) is 2.86. The normalized spacial score (nSPS) is 11.8. The minimum Gasteiger partial charge on any atom is -0.457 e. The lowest BCUT2D eigenvalue weighted by atomic mass is 10.1. The number of ether oxygens (including phenoxy) is 3. The maximum Gasteiger partial charge on any atom is 0.255 e. The molecule has 1 aliphatic heterocycles. The van der Waals surface area contributed by atoms with Crippen molar-refractivity contribution in [3.05, 3.63) is 77.9 Å². The first-order valence-corrected chi connectivity index (χ1v) is 8.69. The van der Waals surface area contributed by atoms with Crippen LogP contribution in [0, 0.1) is 0 Å². The first kappa shape index (κ1) is 17.6. The quantitative estimate of drug-likeness (QED) is 0.657. The summed E-state index contributed by atoms with van der Waals surface area (Å²) >= 11 is 0. The molecule has 0 radical (unpaired) electrons. The zero-order valence-corrected chi connectivity index (χ0v) is 15.1. The number of Topliss-reactive ketones (excluding diaryl/α,β-unsaturated/α-hetero) is 1. The number of carbonyl (C=O) groups is 2. The Morgan fingerprint density at radius 1 is 0.893 bits per heavy atom. The number of fused-ring (bicyclic) bond motifs is 1. The molecule has 6 nitrogen and oxygen atoms in total. The number of rotatable bonds is 5.